The first-order valence-electron chi connectivity index (χ1n) is 6.58. The molecule has 0 fully saturated rings. The van der Waals surface area contributed by atoms with E-state index in [0.29, 0.717) is 4.88 Å². The Kier molecular flexibility index (Phi) is 5.71. The standard InChI is InChI=1S/C15H14O7S2/c1-20-13(17)7-5-23-9(4-16)10(7)11-8(14(18)21-2)6-24-12(11)15(19)22-3/h5-6,16H,4H2,1-3H3. The molecular weight excluding hydrogens is 356 g/mol. The van der Waals surface area contributed by atoms with E-state index in [4.69, 9.17) is 14.2 Å². The van der Waals surface area contributed by atoms with Gasteiger partial charge in [-0.3, -0.25) is 0 Å². The van der Waals surface area contributed by atoms with Crippen molar-refractivity contribution in [3.8, 4) is 11.1 Å². The van der Waals surface area contributed by atoms with Crippen LogP contribution in [-0.2, 0) is 20.8 Å². The van der Waals surface area contributed by atoms with Crippen LogP contribution in [0, 0.1) is 0 Å². The zero-order chi connectivity index (χ0) is 17.9. The lowest BCUT2D eigenvalue weighted by molar-refractivity contribution is 0.0587. The van der Waals surface area contributed by atoms with Crippen molar-refractivity contribution in [3.05, 3.63) is 31.6 Å². The second kappa shape index (κ2) is 7.56. The highest BCUT2D eigenvalue weighted by Gasteiger charge is 2.30. The van der Waals surface area contributed by atoms with Crippen LogP contribution in [0.3, 0.4) is 0 Å². The number of carbonyl (C=O) groups excluding carboxylic acids is 3. The van der Waals surface area contributed by atoms with Gasteiger partial charge >= 0.3 is 17.9 Å². The van der Waals surface area contributed by atoms with Crippen molar-refractivity contribution < 1.29 is 33.7 Å². The fourth-order valence-corrected chi connectivity index (χ4v) is 4.00. The molecule has 7 nitrogen and oxygen atoms in total. The van der Waals surface area contributed by atoms with Gasteiger partial charge in [-0.05, 0) is 0 Å². The second-order valence-electron chi connectivity index (χ2n) is 4.43. The van der Waals surface area contributed by atoms with E-state index in [2.05, 4.69) is 0 Å². The molecule has 0 unspecified atom stereocenters. The third-order valence-corrected chi connectivity index (χ3v) is 5.16. The predicted octanol–water partition coefficient (Wildman–Crippen LogP) is 2.33. The Hall–Kier alpha value is -2.23. The Balaban J connectivity index is 2.82. The van der Waals surface area contributed by atoms with Gasteiger partial charge in [0.1, 0.15) is 4.88 Å². The van der Waals surface area contributed by atoms with Crippen LogP contribution in [0.2, 0.25) is 0 Å². The molecule has 0 aliphatic rings. The number of ether oxygens (including phenoxy) is 3. The number of methoxy groups -OCH3 is 3. The summed E-state index contributed by atoms with van der Waals surface area (Å²) >= 11 is 2.12. The SMILES string of the molecule is COC(=O)c1csc(CO)c1-c1c(C(=O)OC)csc1C(=O)OC. The lowest BCUT2D eigenvalue weighted by Crippen LogP contribution is -2.09. The normalized spacial score (nSPS) is 10.3. The van der Waals surface area contributed by atoms with Crippen LogP contribution in [0.4, 0.5) is 0 Å². The number of aliphatic hydroxyl groups excluding tert-OH is 1. The topological polar surface area (TPSA) is 99.1 Å². The van der Waals surface area contributed by atoms with Crippen LogP contribution >= 0.6 is 22.7 Å². The minimum Gasteiger partial charge on any atom is -0.465 e. The number of aliphatic hydroxyl groups is 1. The van der Waals surface area contributed by atoms with Gasteiger partial charge in [0.05, 0.1) is 39.1 Å². The molecule has 0 amide bonds. The number of thiophene rings is 2. The van der Waals surface area contributed by atoms with Gasteiger partial charge in [-0.25, -0.2) is 14.4 Å². The Morgan fingerprint density at radius 3 is 1.88 bits per heavy atom. The summed E-state index contributed by atoms with van der Waals surface area (Å²) in [6, 6.07) is 0. The summed E-state index contributed by atoms with van der Waals surface area (Å²) in [6.07, 6.45) is 0. The molecule has 0 aliphatic carbocycles. The molecule has 2 aromatic rings. The van der Waals surface area contributed by atoms with Gasteiger partial charge in [-0.2, -0.15) is 0 Å². The quantitative estimate of drug-likeness (QED) is 0.637. The molecule has 0 saturated heterocycles. The fourth-order valence-electron chi connectivity index (χ4n) is 2.16. The van der Waals surface area contributed by atoms with Gasteiger partial charge in [-0.15, -0.1) is 22.7 Å². The summed E-state index contributed by atoms with van der Waals surface area (Å²) in [5.74, 6) is -1.96. The van der Waals surface area contributed by atoms with Crippen LogP contribution < -0.4 is 0 Å². The lowest BCUT2D eigenvalue weighted by atomic mass is 9.98. The van der Waals surface area contributed by atoms with Crippen LogP contribution in [0.1, 0.15) is 35.3 Å². The number of hydrogen-bond acceptors (Lipinski definition) is 9. The fraction of sp³-hybridized carbons (Fsp3) is 0.267. The molecule has 0 atom stereocenters. The van der Waals surface area contributed by atoms with E-state index >= 15 is 0 Å². The highest BCUT2D eigenvalue weighted by Crippen LogP contribution is 2.41. The molecule has 0 bridgehead atoms. The average Bonchev–Trinajstić information content (AvgIpc) is 3.22. The Labute approximate surface area is 145 Å². The molecule has 2 aromatic heterocycles. The summed E-state index contributed by atoms with van der Waals surface area (Å²) < 4.78 is 14.2. The zero-order valence-electron chi connectivity index (χ0n) is 13.1. The van der Waals surface area contributed by atoms with E-state index in [0.717, 1.165) is 22.7 Å². The molecule has 9 heteroatoms. The summed E-state index contributed by atoms with van der Waals surface area (Å²) in [6.45, 7) is -0.367. The monoisotopic (exact) mass is 370 g/mol. The van der Waals surface area contributed by atoms with E-state index in [1.807, 2.05) is 0 Å². The first-order valence-corrected chi connectivity index (χ1v) is 8.34. The van der Waals surface area contributed by atoms with Crippen molar-refractivity contribution in [2.24, 2.45) is 0 Å². The van der Waals surface area contributed by atoms with Gasteiger partial charge in [-0.1, -0.05) is 0 Å². The van der Waals surface area contributed by atoms with Crippen molar-refractivity contribution in [3.63, 3.8) is 0 Å². The Bertz CT molecular complexity index is 754. The van der Waals surface area contributed by atoms with E-state index in [1.54, 1.807) is 0 Å². The number of esters is 3. The lowest BCUT2D eigenvalue weighted by Gasteiger charge is -2.09. The van der Waals surface area contributed by atoms with Gasteiger partial charge in [0.25, 0.3) is 0 Å². The second-order valence-corrected chi connectivity index (χ2v) is 6.28. The van der Waals surface area contributed by atoms with Gasteiger partial charge < -0.3 is 19.3 Å². The first-order chi connectivity index (χ1) is 11.5. The van der Waals surface area contributed by atoms with Crippen molar-refractivity contribution in [1.82, 2.24) is 0 Å². The van der Waals surface area contributed by atoms with E-state index in [9.17, 15) is 19.5 Å². The highest BCUT2D eigenvalue weighted by atomic mass is 32.1. The van der Waals surface area contributed by atoms with Crippen molar-refractivity contribution >= 4 is 40.6 Å². The maximum atomic E-state index is 12.1. The van der Waals surface area contributed by atoms with E-state index in [-0.39, 0.29) is 33.7 Å². The molecule has 0 spiro atoms. The Morgan fingerprint density at radius 1 is 0.875 bits per heavy atom. The van der Waals surface area contributed by atoms with Gasteiger partial charge in [0, 0.05) is 26.8 Å². The molecule has 128 valence electrons. The summed E-state index contributed by atoms with van der Waals surface area (Å²) in [4.78, 5) is 36.7. The molecule has 2 rings (SSSR count). The first kappa shape index (κ1) is 18.1. The molecule has 0 aliphatic heterocycles. The van der Waals surface area contributed by atoms with Crippen LogP contribution in [0.25, 0.3) is 11.1 Å². The minimum absolute atomic E-state index is 0.112. The maximum Gasteiger partial charge on any atom is 0.348 e. The van der Waals surface area contributed by atoms with Crippen LogP contribution in [0.5, 0.6) is 0 Å². The summed E-state index contributed by atoms with van der Waals surface area (Å²) in [5.41, 5.74) is 0.738. The predicted molar refractivity (Wildman–Crippen MR) is 87.6 cm³/mol. The molecule has 1 N–H and O–H groups in total. The summed E-state index contributed by atoms with van der Waals surface area (Å²) in [7, 11) is 3.65. The molecule has 0 saturated carbocycles. The Morgan fingerprint density at radius 2 is 1.38 bits per heavy atom. The third kappa shape index (κ3) is 3.05. The number of carbonyl (C=O) groups is 3. The number of rotatable bonds is 5. The zero-order valence-corrected chi connectivity index (χ0v) is 14.7. The third-order valence-electron chi connectivity index (χ3n) is 3.23. The van der Waals surface area contributed by atoms with Crippen LogP contribution in [0.15, 0.2) is 10.8 Å². The van der Waals surface area contributed by atoms with E-state index in [1.165, 1.54) is 32.1 Å². The molecule has 0 radical (unpaired) electrons. The number of hydrogen-bond donors (Lipinski definition) is 1. The average molecular weight is 370 g/mol. The van der Waals surface area contributed by atoms with Crippen LogP contribution in [-0.4, -0.2) is 44.3 Å². The maximum absolute atomic E-state index is 12.1. The molecule has 0 aromatic carbocycles. The van der Waals surface area contributed by atoms with Crippen molar-refractivity contribution in [2.75, 3.05) is 21.3 Å². The molecule has 24 heavy (non-hydrogen) atoms. The van der Waals surface area contributed by atoms with Gasteiger partial charge in [0.2, 0.25) is 0 Å². The molecular formula is C15H14O7S2. The highest BCUT2D eigenvalue weighted by molar-refractivity contribution is 7.13. The molecule has 2 heterocycles. The largest absolute Gasteiger partial charge is 0.465 e. The van der Waals surface area contributed by atoms with Gasteiger partial charge in [0.15, 0.2) is 0 Å². The smallest absolute Gasteiger partial charge is 0.348 e. The van der Waals surface area contributed by atoms with E-state index < -0.39 is 17.9 Å². The minimum atomic E-state index is -0.665. The summed E-state index contributed by atoms with van der Waals surface area (Å²) in [5, 5.41) is 12.5. The van der Waals surface area contributed by atoms with Crippen molar-refractivity contribution in [2.45, 2.75) is 6.61 Å². The van der Waals surface area contributed by atoms with Crippen molar-refractivity contribution in [1.29, 1.82) is 0 Å².